The number of nitrogens with one attached hydrogen (secondary N) is 2. The van der Waals surface area contributed by atoms with Crippen molar-refractivity contribution in [3.63, 3.8) is 0 Å². The molecule has 1 aromatic carbocycles. The molecule has 1 unspecified atom stereocenters. The summed E-state index contributed by atoms with van der Waals surface area (Å²) in [4.78, 5) is 38.2. The number of aromatic nitrogens is 2. The number of anilines is 2. The molecule has 2 aromatic rings. The Morgan fingerprint density at radius 2 is 1.97 bits per heavy atom. The van der Waals surface area contributed by atoms with Crippen LogP contribution in [0.1, 0.15) is 31.0 Å². The van der Waals surface area contributed by atoms with E-state index in [1.54, 1.807) is 4.90 Å². The smallest absolute Gasteiger partial charge is 0.319 e. The van der Waals surface area contributed by atoms with E-state index in [1.165, 1.54) is 0 Å². The molecule has 1 atom stereocenters. The number of urea groups is 1. The molecule has 3 amide bonds. The van der Waals surface area contributed by atoms with Crippen LogP contribution in [0.3, 0.4) is 0 Å². The van der Waals surface area contributed by atoms with Crippen LogP contribution < -0.4 is 15.5 Å². The van der Waals surface area contributed by atoms with E-state index in [2.05, 4.69) is 38.4 Å². The van der Waals surface area contributed by atoms with Gasteiger partial charge in [-0.05, 0) is 31.9 Å². The number of carbonyl (C=O) groups excluding carboxylic acids is 2. The third-order valence-corrected chi connectivity index (χ3v) is 6.67. The molecule has 5 rings (SSSR count). The highest BCUT2D eigenvalue weighted by atomic mass is 79.9. The van der Waals surface area contributed by atoms with Gasteiger partial charge in [-0.1, -0.05) is 28.1 Å². The zero-order valence-electron chi connectivity index (χ0n) is 18.5. The molecule has 1 saturated heterocycles. The van der Waals surface area contributed by atoms with Gasteiger partial charge < -0.3 is 25.2 Å². The van der Waals surface area contributed by atoms with E-state index in [4.69, 9.17) is 14.7 Å². The topological polar surface area (TPSA) is 99.7 Å². The van der Waals surface area contributed by atoms with Crippen molar-refractivity contribution >= 4 is 39.5 Å². The Labute approximate surface area is 201 Å². The minimum absolute atomic E-state index is 0.0291. The molecule has 3 aliphatic rings. The maximum atomic E-state index is 12.4. The van der Waals surface area contributed by atoms with E-state index in [-0.39, 0.29) is 23.3 Å². The summed E-state index contributed by atoms with van der Waals surface area (Å²) < 4.78 is 5.58. The Morgan fingerprint density at radius 1 is 1.18 bits per heavy atom. The number of amides is 3. The standard InChI is InChI=1S/C23H27BrN6O3/c1-14-13-33-9-8-30(14)22-27-19-12-29(20(31)10-24)11-18(19)21(28-22)15-2-4-16(5-3-15)25-23(32)26-17-6-7-17/h2-5,14,17H,6-13H2,1H3,(H2,25,26,32). The second-order valence-electron chi connectivity index (χ2n) is 8.75. The molecule has 2 fully saturated rings. The van der Waals surface area contributed by atoms with Crippen LogP contribution in [0.25, 0.3) is 11.3 Å². The third-order valence-electron chi connectivity index (χ3n) is 6.19. The van der Waals surface area contributed by atoms with Crippen molar-refractivity contribution in [2.24, 2.45) is 0 Å². The lowest BCUT2D eigenvalue weighted by Gasteiger charge is -2.33. The first-order valence-corrected chi connectivity index (χ1v) is 12.4. The van der Waals surface area contributed by atoms with Crippen LogP contribution >= 0.6 is 15.9 Å². The molecular formula is C23H27BrN6O3. The number of morpholine rings is 1. The molecule has 1 aromatic heterocycles. The Kier molecular flexibility index (Phi) is 6.20. The Bertz CT molecular complexity index is 1060. The van der Waals surface area contributed by atoms with Gasteiger partial charge in [0.2, 0.25) is 11.9 Å². The number of hydrogen-bond donors (Lipinski definition) is 2. The second-order valence-corrected chi connectivity index (χ2v) is 9.31. The van der Waals surface area contributed by atoms with Gasteiger partial charge in [0, 0.05) is 29.4 Å². The monoisotopic (exact) mass is 514 g/mol. The van der Waals surface area contributed by atoms with Gasteiger partial charge >= 0.3 is 6.03 Å². The van der Waals surface area contributed by atoms with Crippen LogP contribution in [0, 0.1) is 0 Å². The van der Waals surface area contributed by atoms with E-state index in [9.17, 15) is 9.59 Å². The highest BCUT2D eigenvalue weighted by molar-refractivity contribution is 9.09. The predicted octanol–water partition coefficient (Wildman–Crippen LogP) is 2.89. The van der Waals surface area contributed by atoms with Crippen LogP contribution in [0.15, 0.2) is 24.3 Å². The molecule has 0 radical (unpaired) electrons. The van der Waals surface area contributed by atoms with Crippen LogP contribution in [-0.2, 0) is 22.6 Å². The van der Waals surface area contributed by atoms with Gasteiger partial charge in [-0.15, -0.1) is 0 Å². The van der Waals surface area contributed by atoms with Gasteiger partial charge in [0.25, 0.3) is 0 Å². The summed E-state index contributed by atoms with van der Waals surface area (Å²) >= 11 is 3.28. The van der Waals surface area contributed by atoms with E-state index in [0.717, 1.165) is 47.6 Å². The number of alkyl halides is 1. The van der Waals surface area contributed by atoms with Gasteiger partial charge in [-0.3, -0.25) is 4.79 Å². The number of rotatable bonds is 5. The average Bonchev–Trinajstić information content (AvgIpc) is 3.52. The van der Waals surface area contributed by atoms with Crippen LogP contribution in [0.5, 0.6) is 0 Å². The van der Waals surface area contributed by atoms with Gasteiger partial charge in [0.1, 0.15) is 0 Å². The van der Waals surface area contributed by atoms with Gasteiger partial charge in [-0.2, -0.15) is 0 Å². The normalized spacial score (nSPS) is 19.9. The maximum Gasteiger partial charge on any atom is 0.319 e. The minimum atomic E-state index is -0.180. The summed E-state index contributed by atoms with van der Waals surface area (Å²) in [5.41, 5.74) is 4.33. The van der Waals surface area contributed by atoms with Gasteiger partial charge in [-0.25, -0.2) is 14.8 Å². The summed E-state index contributed by atoms with van der Waals surface area (Å²) in [5, 5.41) is 6.08. The third kappa shape index (κ3) is 4.81. The summed E-state index contributed by atoms with van der Waals surface area (Å²) in [6.45, 7) is 5.05. The Hall–Kier alpha value is -2.72. The van der Waals surface area contributed by atoms with Crippen molar-refractivity contribution in [3.8, 4) is 11.3 Å². The highest BCUT2D eigenvalue weighted by Crippen LogP contribution is 2.33. The van der Waals surface area contributed by atoms with Crippen LogP contribution in [-0.4, -0.2) is 64.0 Å². The lowest BCUT2D eigenvalue weighted by Crippen LogP contribution is -2.44. The van der Waals surface area contributed by atoms with Crippen molar-refractivity contribution in [2.75, 3.05) is 35.3 Å². The number of halogens is 1. The van der Waals surface area contributed by atoms with Crippen LogP contribution in [0.2, 0.25) is 0 Å². The van der Waals surface area contributed by atoms with Crippen molar-refractivity contribution in [1.29, 1.82) is 0 Å². The Balaban J connectivity index is 1.45. The fourth-order valence-corrected chi connectivity index (χ4v) is 4.54. The molecular weight excluding hydrogens is 488 g/mol. The minimum Gasteiger partial charge on any atom is -0.377 e. The molecule has 0 spiro atoms. The zero-order valence-corrected chi connectivity index (χ0v) is 20.1. The van der Waals surface area contributed by atoms with E-state index >= 15 is 0 Å². The average molecular weight is 515 g/mol. The van der Waals surface area contributed by atoms with Crippen molar-refractivity contribution in [3.05, 3.63) is 35.5 Å². The largest absolute Gasteiger partial charge is 0.377 e. The molecule has 174 valence electrons. The molecule has 10 heteroatoms. The highest BCUT2D eigenvalue weighted by Gasteiger charge is 2.31. The van der Waals surface area contributed by atoms with Gasteiger partial charge in [0.15, 0.2) is 0 Å². The van der Waals surface area contributed by atoms with E-state index in [0.29, 0.717) is 38.3 Å². The first kappa shape index (κ1) is 22.1. The Morgan fingerprint density at radius 3 is 2.67 bits per heavy atom. The van der Waals surface area contributed by atoms with Crippen LogP contribution in [0.4, 0.5) is 16.4 Å². The van der Waals surface area contributed by atoms with E-state index in [1.807, 2.05) is 24.3 Å². The predicted molar refractivity (Wildman–Crippen MR) is 128 cm³/mol. The summed E-state index contributed by atoms with van der Waals surface area (Å²) in [5.74, 6) is 0.695. The molecule has 2 aliphatic heterocycles. The number of fused-ring (bicyclic) bond motifs is 1. The van der Waals surface area contributed by atoms with Crippen molar-refractivity contribution in [1.82, 2.24) is 20.2 Å². The summed E-state index contributed by atoms with van der Waals surface area (Å²) in [7, 11) is 0. The molecule has 9 nitrogen and oxygen atoms in total. The van der Waals surface area contributed by atoms with Crippen molar-refractivity contribution in [2.45, 2.75) is 44.9 Å². The van der Waals surface area contributed by atoms with E-state index < -0.39 is 0 Å². The molecule has 3 heterocycles. The number of carbonyl (C=O) groups is 2. The first-order valence-electron chi connectivity index (χ1n) is 11.3. The second kappa shape index (κ2) is 9.26. The zero-order chi connectivity index (χ0) is 22.9. The first-order chi connectivity index (χ1) is 16.0. The molecule has 33 heavy (non-hydrogen) atoms. The molecule has 0 bridgehead atoms. The number of hydrogen-bond acceptors (Lipinski definition) is 6. The fourth-order valence-electron chi connectivity index (χ4n) is 4.19. The number of nitrogens with zero attached hydrogens (tertiary/aromatic N) is 4. The number of benzene rings is 1. The summed E-state index contributed by atoms with van der Waals surface area (Å²) in [6, 6.07) is 7.96. The molecule has 2 N–H and O–H groups in total. The van der Waals surface area contributed by atoms with Gasteiger partial charge in [0.05, 0.1) is 49.1 Å². The summed E-state index contributed by atoms with van der Waals surface area (Å²) in [6.07, 6.45) is 2.09. The maximum absolute atomic E-state index is 12.4. The number of ether oxygens (including phenoxy) is 1. The molecule has 1 aliphatic carbocycles. The molecule has 1 saturated carbocycles. The van der Waals surface area contributed by atoms with Crippen molar-refractivity contribution < 1.29 is 14.3 Å². The SMILES string of the molecule is CC1COCCN1c1nc2c(c(-c3ccc(NC(=O)NC4CC4)cc3)n1)CN(C(=O)CBr)C2. The fraction of sp³-hybridized carbons (Fsp3) is 0.478. The quantitative estimate of drug-likeness (QED) is 0.595. The lowest BCUT2D eigenvalue weighted by molar-refractivity contribution is -0.128. The lowest BCUT2D eigenvalue weighted by atomic mass is 10.1.